The van der Waals surface area contributed by atoms with Crippen molar-refractivity contribution in [2.75, 3.05) is 5.32 Å². The smallest absolute Gasteiger partial charge is 0.237 e. The van der Waals surface area contributed by atoms with Gasteiger partial charge in [-0.3, -0.25) is 4.79 Å². The predicted octanol–water partition coefficient (Wildman–Crippen LogP) is 4.29. The summed E-state index contributed by atoms with van der Waals surface area (Å²) in [4.78, 5) is 12.3. The molecule has 2 rings (SSSR count). The van der Waals surface area contributed by atoms with E-state index < -0.39 is 0 Å². The van der Waals surface area contributed by atoms with Crippen LogP contribution in [0.15, 0.2) is 54.6 Å². The van der Waals surface area contributed by atoms with Crippen molar-refractivity contribution in [2.24, 2.45) is 0 Å². The molecular weight excluding hydrogens is 278 g/mol. The van der Waals surface area contributed by atoms with E-state index in [1.54, 1.807) is 0 Å². The second-order valence-corrected chi connectivity index (χ2v) is 6.06. The molecule has 0 aliphatic rings. The minimum atomic E-state index is -0.354. The van der Waals surface area contributed by atoms with E-state index in [9.17, 15) is 4.79 Å². The van der Waals surface area contributed by atoms with Crippen molar-refractivity contribution in [3.8, 4) is 0 Å². The first-order valence-corrected chi connectivity index (χ1v) is 7.71. The molecule has 21 heavy (non-hydrogen) atoms. The SMILES string of the molecule is CC(C)c1ccccc1NC(=O)C(S)Cc1ccccc1. The number of hydrogen-bond acceptors (Lipinski definition) is 2. The molecule has 2 aromatic carbocycles. The Morgan fingerprint density at radius 3 is 2.33 bits per heavy atom. The molecule has 1 amide bonds. The van der Waals surface area contributed by atoms with E-state index in [0.29, 0.717) is 12.3 Å². The van der Waals surface area contributed by atoms with E-state index in [2.05, 4.69) is 31.8 Å². The van der Waals surface area contributed by atoms with Gasteiger partial charge in [0, 0.05) is 5.69 Å². The number of hydrogen-bond donors (Lipinski definition) is 2. The van der Waals surface area contributed by atoms with Crippen molar-refractivity contribution in [1.82, 2.24) is 0 Å². The van der Waals surface area contributed by atoms with Crippen LogP contribution in [0.1, 0.15) is 30.9 Å². The zero-order valence-electron chi connectivity index (χ0n) is 12.4. The van der Waals surface area contributed by atoms with E-state index >= 15 is 0 Å². The van der Waals surface area contributed by atoms with Crippen molar-refractivity contribution in [3.05, 3.63) is 65.7 Å². The summed E-state index contributed by atoms with van der Waals surface area (Å²) in [7, 11) is 0. The van der Waals surface area contributed by atoms with Gasteiger partial charge in [0.15, 0.2) is 0 Å². The van der Waals surface area contributed by atoms with E-state index in [0.717, 1.165) is 16.8 Å². The van der Waals surface area contributed by atoms with Gasteiger partial charge in [0.05, 0.1) is 5.25 Å². The van der Waals surface area contributed by atoms with Crippen LogP contribution in [-0.4, -0.2) is 11.2 Å². The van der Waals surface area contributed by atoms with Gasteiger partial charge >= 0.3 is 0 Å². The average Bonchev–Trinajstić information content (AvgIpc) is 2.48. The van der Waals surface area contributed by atoms with Gasteiger partial charge < -0.3 is 5.32 Å². The average molecular weight is 299 g/mol. The number of carbonyl (C=O) groups excluding carboxylic acids is 1. The topological polar surface area (TPSA) is 29.1 Å². The number of nitrogens with one attached hydrogen (secondary N) is 1. The van der Waals surface area contributed by atoms with E-state index in [1.165, 1.54) is 0 Å². The van der Waals surface area contributed by atoms with Crippen molar-refractivity contribution >= 4 is 24.2 Å². The first-order chi connectivity index (χ1) is 10.1. The van der Waals surface area contributed by atoms with Gasteiger partial charge in [-0.15, -0.1) is 0 Å². The normalized spacial score (nSPS) is 12.2. The molecule has 0 saturated carbocycles. The lowest BCUT2D eigenvalue weighted by atomic mass is 10.0. The highest BCUT2D eigenvalue weighted by atomic mass is 32.1. The van der Waals surface area contributed by atoms with Gasteiger partial charge in [-0.25, -0.2) is 0 Å². The van der Waals surface area contributed by atoms with Crippen molar-refractivity contribution in [2.45, 2.75) is 31.4 Å². The van der Waals surface area contributed by atoms with Gasteiger partial charge in [-0.05, 0) is 29.5 Å². The summed E-state index contributed by atoms with van der Waals surface area (Å²) in [5.74, 6) is 0.310. The van der Waals surface area contributed by atoms with E-state index in [1.807, 2.05) is 54.6 Å². The Morgan fingerprint density at radius 1 is 1.05 bits per heavy atom. The summed E-state index contributed by atoms with van der Waals surface area (Å²) in [6.45, 7) is 4.24. The molecule has 1 N–H and O–H groups in total. The maximum absolute atomic E-state index is 12.3. The molecule has 0 radical (unpaired) electrons. The lowest BCUT2D eigenvalue weighted by molar-refractivity contribution is -0.115. The molecule has 0 aliphatic carbocycles. The lowest BCUT2D eigenvalue weighted by Crippen LogP contribution is -2.25. The molecular formula is C18H21NOS. The quantitative estimate of drug-likeness (QED) is 0.792. The standard InChI is InChI=1S/C18H21NOS/c1-13(2)15-10-6-7-11-16(15)19-18(20)17(21)12-14-8-4-3-5-9-14/h3-11,13,17,21H,12H2,1-2H3,(H,19,20). The van der Waals surface area contributed by atoms with Crippen molar-refractivity contribution < 1.29 is 4.79 Å². The molecule has 1 atom stereocenters. The highest BCUT2D eigenvalue weighted by Gasteiger charge is 2.16. The molecule has 0 bridgehead atoms. The molecule has 0 heterocycles. The van der Waals surface area contributed by atoms with Gasteiger partial charge in [-0.1, -0.05) is 62.4 Å². The number of carbonyl (C=O) groups is 1. The summed E-state index contributed by atoms with van der Waals surface area (Å²) in [5.41, 5.74) is 3.14. The molecule has 110 valence electrons. The monoisotopic (exact) mass is 299 g/mol. The van der Waals surface area contributed by atoms with Crippen LogP contribution in [0.2, 0.25) is 0 Å². The molecule has 0 spiro atoms. The second kappa shape index (κ2) is 7.32. The van der Waals surface area contributed by atoms with Gasteiger partial charge in [-0.2, -0.15) is 12.6 Å². The summed E-state index contributed by atoms with van der Waals surface area (Å²) in [5, 5.41) is 2.64. The number of thiol groups is 1. The third-order valence-electron chi connectivity index (χ3n) is 3.42. The Hall–Kier alpha value is -1.74. The number of anilines is 1. The molecule has 0 saturated heterocycles. The second-order valence-electron chi connectivity index (χ2n) is 5.44. The molecule has 0 fully saturated rings. The molecule has 0 aromatic heterocycles. The maximum Gasteiger partial charge on any atom is 0.237 e. The summed E-state index contributed by atoms with van der Waals surface area (Å²) in [6, 6.07) is 17.9. The number of para-hydroxylation sites is 1. The van der Waals surface area contributed by atoms with Crippen LogP contribution in [0.5, 0.6) is 0 Å². The fourth-order valence-corrected chi connectivity index (χ4v) is 2.54. The lowest BCUT2D eigenvalue weighted by Gasteiger charge is -2.16. The summed E-state index contributed by atoms with van der Waals surface area (Å²) < 4.78 is 0. The van der Waals surface area contributed by atoms with Crippen LogP contribution >= 0.6 is 12.6 Å². The molecule has 1 unspecified atom stereocenters. The Labute approximate surface area is 132 Å². The number of benzene rings is 2. The highest BCUT2D eigenvalue weighted by Crippen LogP contribution is 2.24. The predicted molar refractivity (Wildman–Crippen MR) is 92.1 cm³/mol. The van der Waals surface area contributed by atoms with E-state index in [-0.39, 0.29) is 11.2 Å². The fourth-order valence-electron chi connectivity index (χ4n) is 2.26. The minimum absolute atomic E-state index is 0.0599. The molecule has 2 nitrogen and oxygen atoms in total. The van der Waals surface area contributed by atoms with Crippen LogP contribution in [0.4, 0.5) is 5.69 Å². The van der Waals surface area contributed by atoms with E-state index in [4.69, 9.17) is 0 Å². The molecule has 2 aromatic rings. The van der Waals surface area contributed by atoms with Crippen molar-refractivity contribution in [3.63, 3.8) is 0 Å². The Bertz CT molecular complexity index is 595. The van der Waals surface area contributed by atoms with Gasteiger partial charge in [0.2, 0.25) is 5.91 Å². The van der Waals surface area contributed by atoms with Crippen LogP contribution in [0, 0.1) is 0 Å². The molecule has 0 aliphatic heterocycles. The van der Waals surface area contributed by atoms with Crippen LogP contribution in [0.3, 0.4) is 0 Å². The Kier molecular flexibility index (Phi) is 5.45. The van der Waals surface area contributed by atoms with Crippen molar-refractivity contribution in [1.29, 1.82) is 0 Å². The largest absolute Gasteiger partial charge is 0.325 e. The fraction of sp³-hybridized carbons (Fsp3) is 0.278. The van der Waals surface area contributed by atoms with Crippen LogP contribution in [-0.2, 0) is 11.2 Å². The Morgan fingerprint density at radius 2 is 1.67 bits per heavy atom. The zero-order valence-corrected chi connectivity index (χ0v) is 13.3. The summed E-state index contributed by atoms with van der Waals surface area (Å²) >= 11 is 4.44. The number of rotatable bonds is 5. The van der Waals surface area contributed by atoms with Crippen LogP contribution in [0.25, 0.3) is 0 Å². The molecule has 3 heteroatoms. The Balaban J connectivity index is 2.04. The first-order valence-electron chi connectivity index (χ1n) is 7.19. The first kappa shape index (κ1) is 15.6. The van der Waals surface area contributed by atoms with Crippen LogP contribution < -0.4 is 5.32 Å². The third kappa shape index (κ3) is 4.36. The minimum Gasteiger partial charge on any atom is -0.325 e. The summed E-state index contributed by atoms with van der Waals surface area (Å²) in [6.07, 6.45) is 0.625. The highest BCUT2D eigenvalue weighted by molar-refractivity contribution is 7.81. The maximum atomic E-state index is 12.3. The van der Waals surface area contributed by atoms with Gasteiger partial charge in [0.1, 0.15) is 0 Å². The van der Waals surface area contributed by atoms with Gasteiger partial charge in [0.25, 0.3) is 0 Å². The third-order valence-corrected chi connectivity index (χ3v) is 3.83. The zero-order chi connectivity index (χ0) is 15.2. The number of amides is 1.